The van der Waals surface area contributed by atoms with Gasteiger partial charge in [0.1, 0.15) is 12.1 Å². The third-order valence-electron chi connectivity index (χ3n) is 5.18. The number of fused-ring (bicyclic) bond motifs is 1. The van der Waals surface area contributed by atoms with Gasteiger partial charge in [0.05, 0.1) is 19.3 Å². The van der Waals surface area contributed by atoms with Crippen LogP contribution in [0.2, 0.25) is 0 Å². The Morgan fingerprint density at radius 1 is 1.26 bits per heavy atom. The average molecular weight is 366 g/mol. The number of methoxy groups -OCH3 is 1. The molecule has 0 amide bonds. The van der Waals surface area contributed by atoms with Crippen molar-refractivity contribution in [2.75, 3.05) is 27.3 Å². The van der Waals surface area contributed by atoms with Gasteiger partial charge < -0.3 is 9.47 Å². The van der Waals surface area contributed by atoms with Crippen LogP contribution in [0.25, 0.3) is 5.65 Å². The van der Waals surface area contributed by atoms with Crippen LogP contribution in [0.3, 0.4) is 0 Å². The molecule has 0 aliphatic carbocycles. The highest BCUT2D eigenvalue weighted by molar-refractivity contribution is 5.90. The predicted molar refractivity (Wildman–Crippen MR) is 99.7 cm³/mol. The van der Waals surface area contributed by atoms with Crippen molar-refractivity contribution >= 4 is 11.6 Å². The normalized spacial score (nSPS) is 20.1. The van der Waals surface area contributed by atoms with E-state index in [2.05, 4.69) is 34.2 Å². The molecular weight excluding hydrogens is 344 g/mol. The minimum atomic E-state index is -0.330. The standard InChI is InChI=1S/C20H22N4O3/c1-23-9-7-16(19(23)14-3-5-17(26-2)6-4-14)12-27-20(25)15-8-10-24-18(11-15)21-13-22-24/h3-6,8,10-11,13,16,19H,7,9,12H2,1-2H3. The van der Waals surface area contributed by atoms with Gasteiger partial charge in [-0.2, -0.15) is 5.10 Å². The zero-order valence-corrected chi connectivity index (χ0v) is 15.4. The van der Waals surface area contributed by atoms with E-state index in [9.17, 15) is 4.79 Å². The molecule has 0 radical (unpaired) electrons. The van der Waals surface area contributed by atoms with Gasteiger partial charge in [0.25, 0.3) is 0 Å². The lowest BCUT2D eigenvalue weighted by Gasteiger charge is -2.25. The molecule has 140 valence electrons. The molecule has 0 saturated carbocycles. The summed E-state index contributed by atoms with van der Waals surface area (Å²) >= 11 is 0. The molecule has 3 aromatic rings. The van der Waals surface area contributed by atoms with E-state index < -0.39 is 0 Å². The molecule has 1 aliphatic rings. The van der Waals surface area contributed by atoms with Crippen LogP contribution in [-0.2, 0) is 4.74 Å². The minimum absolute atomic E-state index is 0.225. The monoisotopic (exact) mass is 366 g/mol. The van der Waals surface area contributed by atoms with Crippen molar-refractivity contribution in [2.45, 2.75) is 12.5 Å². The molecular formula is C20H22N4O3. The highest BCUT2D eigenvalue weighted by atomic mass is 16.5. The van der Waals surface area contributed by atoms with Crippen LogP contribution < -0.4 is 4.74 Å². The zero-order chi connectivity index (χ0) is 18.8. The summed E-state index contributed by atoms with van der Waals surface area (Å²) in [5.41, 5.74) is 2.32. The van der Waals surface area contributed by atoms with E-state index in [1.54, 1.807) is 30.0 Å². The lowest BCUT2D eigenvalue weighted by Crippen LogP contribution is -2.24. The van der Waals surface area contributed by atoms with E-state index in [4.69, 9.17) is 9.47 Å². The number of rotatable bonds is 5. The molecule has 2 aromatic heterocycles. The molecule has 1 saturated heterocycles. The van der Waals surface area contributed by atoms with Crippen molar-refractivity contribution in [1.29, 1.82) is 0 Å². The molecule has 3 heterocycles. The summed E-state index contributed by atoms with van der Waals surface area (Å²) in [6, 6.07) is 11.7. The number of ether oxygens (including phenoxy) is 2. The molecule has 1 aromatic carbocycles. The Balaban J connectivity index is 1.44. The van der Waals surface area contributed by atoms with E-state index in [0.717, 1.165) is 18.7 Å². The number of benzene rings is 1. The van der Waals surface area contributed by atoms with Crippen LogP contribution in [0.5, 0.6) is 5.75 Å². The lowest BCUT2D eigenvalue weighted by molar-refractivity contribution is 0.0412. The first-order valence-electron chi connectivity index (χ1n) is 8.96. The zero-order valence-electron chi connectivity index (χ0n) is 15.4. The fraction of sp³-hybridized carbons (Fsp3) is 0.350. The average Bonchev–Trinajstić information content (AvgIpc) is 3.31. The van der Waals surface area contributed by atoms with Crippen molar-refractivity contribution in [3.8, 4) is 5.75 Å². The Labute approximate surface area is 157 Å². The Morgan fingerprint density at radius 2 is 2.07 bits per heavy atom. The van der Waals surface area contributed by atoms with Crippen LogP contribution in [0.15, 0.2) is 48.9 Å². The Kier molecular flexibility index (Phi) is 4.77. The van der Waals surface area contributed by atoms with Crippen LogP contribution in [0.1, 0.15) is 28.4 Å². The van der Waals surface area contributed by atoms with E-state index in [-0.39, 0.29) is 17.9 Å². The summed E-state index contributed by atoms with van der Waals surface area (Å²) in [5.74, 6) is 0.763. The third kappa shape index (κ3) is 3.50. The van der Waals surface area contributed by atoms with Gasteiger partial charge in [0.15, 0.2) is 5.65 Å². The van der Waals surface area contributed by atoms with Crippen molar-refractivity contribution in [2.24, 2.45) is 5.92 Å². The lowest BCUT2D eigenvalue weighted by atomic mass is 9.94. The third-order valence-corrected chi connectivity index (χ3v) is 5.18. The molecule has 7 nitrogen and oxygen atoms in total. The topological polar surface area (TPSA) is 69.0 Å². The van der Waals surface area contributed by atoms with E-state index >= 15 is 0 Å². The van der Waals surface area contributed by atoms with Crippen LogP contribution >= 0.6 is 0 Å². The maximum atomic E-state index is 12.5. The summed E-state index contributed by atoms with van der Waals surface area (Å²) in [6.07, 6.45) is 4.16. The summed E-state index contributed by atoms with van der Waals surface area (Å²) in [5, 5.41) is 4.03. The highest BCUT2D eigenvalue weighted by Gasteiger charge is 2.34. The fourth-order valence-electron chi connectivity index (χ4n) is 3.74. The molecule has 0 N–H and O–H groups in total. The molecule has 27 heavy (non-hydrogen) atoms. The van der Waals surface area contributed by atoms with Crippen molar-refractivity contribution in [3.05, 3.63) is 60.0 Å². The second-order valence-electron chi connectivity index (χ2n) is 6.82. The van der Waals surface area contributed by atoms with Gasteiger partial charge in [0.2, 0.25) is 0 Å². The van der Waals surface area contributed by atoms with Gasteiger partial charge >= 0.3 is 5.97 Å². The molecule has 2 unspecified atom stereocenters. The Bertz CT molecular complexity index is 938. The van der Waals surface area contributed by atoms with Gasteiger partial charge in [0, 0.05) is 18.2 Å². The maximum absolute atomic E-state index is 12.5. The Hall–Kier alpha value is -2.93. The quantitative estimate of drug-likeness (QED) is 0.647. The summed E-state index contributed by atoms with van der Waals surface area (Å²) in [6.45, 7) is 1.36. The smallest absolute Gasteiger partial charge is 0.338 e. The molecule has 4 rings (SSSR count). The van der Waals surface area contributed by atoms with E-state index in [1.807, 2.05) is 12.1 Å². The first kappa shape index (κ1) is 17.5. The fourth-order valence-corrected chi connectivity index (χ4v) is 3.74. The number of pyridine rings is 1. The van der Waals surface area contributed by atoms with Gasteiger partial charge in [-0.25, -0.2) is 14.3 Å². The maximum Gasteiger partial charge on any atom is 0.338 e. The number of aromatic nitrogens is 3. The molecule has 7 heteroatoms. The second-order valence-corrected chi connectivity index (χ2v) is 6.82. The van der Waals surface area contributed by atoms with Crippen LogP contribution in [0.4, 0.5) is 0 Å². The van der Waals surface area contributed by atoms with Gasteiger partial charge in [-0.3, -0.25) is 4.90 Å². The number of nitrogens with zero attached hydrogens (tertiary/aromatic N) is 4. The number of carbonyl (C=O) groups excluding carboxylic acids is 1. The van der Waals surface area contributed by atoms with Crippen molar-refractivity contribution in [1.82, 2.24) is 19.5 Å². The van der Waals surface area contributed by atoms with Crippen LogP contribution in [-0.4, -0.2) is 52.8 Å². The molecule has 1 aliphatic heterocycles. The molecule has 0 bridgehead atoms. The summed E-state index contributed by atoms with van der Waals surface area (Å²) < 4.78 is 12.5. The number of likely N-dealkylation sites (tertiary alicyclic amines) is 1. The predicted octanol–water partition coefficient (Wildman–Crippen LogP) is 2.59. The first-order chi connectivity index (χ1) is 13.2. The van der Waals surface area contributed by atoms with Crippen molar-refractivity contribution < 1.29 is 14.3 Å². The largest absolute Gasteiger partial charge is 0.497 e. The number of esters is 1. The highest BCUT2D eigenvalue weighted by Crippen LogP contribution is 2.36. The summed E-state index contributed by atoms with van der Waals surface area (Å²) in [4.78, 5) is 18.9. The first-order valence-corrected chi connectivity index (χ1v) is 8.96. The van der Waals surface area contributed by atoms with Gasteiger partial charge in [-0.1, -0.05) is 12.1 Å². The molecule has 2 atom stereocenters. The summed E-state index contributed by atoms with van der Waals surface area (Å²) in [7, 11) is 3.77. The second kappa shape index (κ2) is 7.36. The molecule has 0 spiro atoms. The minimum Gasteiger partial charge on any atom is -0.497 e. The number of hydrogen-bond donors (Lipinski definition) is 0. The van der Waals surface area contributed by atoms with Crippen molar-refractivity contribution in [3.63, 3.8) is 0 Å². The van der Waals surface area contributed by atoms with E-state index in [1.165, 1.54) is 11.9 Å². The van der Waals surface area contributed by atoms with Crippen LogP contribution in [0, 0.1) is 5.92 Å². The number of hydrogen-bond acceptors (Lipinski definition) is 6. The van der Waals surface area contributed by atoms with E-state index in [0.29, 0.717) is 17.8 Å². The van der Waals surface area contributed by atoms with Gasteiger partial charge in [-0.15, -0.1) is 0 Å². The number of carbonyl (C=O) groups is 1. The molecule has 1 fully saturated rings. The SMILES string of the molecule is COc1ccc(C2C(COC(=O)c3ccn4ncnc4c3)CCN2C)cc1. The Morgan fingerprint density at radius 3 is 2.85 bits per heavy atom. The van der Waals surface area contributed by atoms with Gasteiger partial charge in [-0.05, 0) is 49.8 Å².